The van der Waals surface area contributed by atoms with Crippen LogP contribution in [0.3, 0.4) is 0 Å². The molecule has 0 amide bonds. The van der Waals surface area contributed by atoms with Gasteiger partial charge in [0.05, 0.1) is 0 Å². The van der Waals surface area contributed by atoms with Crippen molar-refractivity contribution in [3.63, 3.8) is 0 Å². The third-order valence-corrected chi connectivity index (χ3v) is 5.90. The van der Waals surface area contributed by atoms with Crippen LogP contribution in [0.25, 0.3) is 0 Å². The van der Waals surface area contributed by atoms with Crippen molar-refractivity contribution in [3.8, 4) is 5.75 Å². The second kappa shape index (κ2) is 7.13. The fraction of sp³-hybridized carbons (Fsp3) is 0.500. The summed E-state index contributed by atoms with van der Waals surface area (Å²) in [6.07, 6.45) is 7.48. The smallest absolute Gasteiger partial charge is 0.140 e. The van der Waals surface area contributed by atoms with Gasteiger partial charge in [-0.1, -0.05) is 18.7 Å². The number of imidazole rings is 1. The summed E-state index contributed by atoms with van der Waals surface area (Å²) >= 11 is 0. The lowest BCUT2D eigenvalue weighted by atomic mass is 9.85. The monoisotopic (exact) mass is 367 g/mol. The third kappa shape index (κ3) is 3.66. The summed E-state index contributed by atoms with van der Waals surface area (Å²) in [5.41, 5.74) is 1.46. The van der Waals surface area contributed by atoms with Crippen LogP contribution >= 0.6 is 0 Å². The van der Waals surface area contributed by atoms with Crippen molar-refractivity contribution in [2.75, 3.05) is 6.61 Å². The summed E-state index contributed by atoms with van der Waals surface area (Å²) in [7, 11) is 1.96. The summed E-state index contributed by atoms with van der Waals surface area (Å²) in [6.45, 7) is 7.31. The highest BCUT2D eigenvalue weighted by molar-refractivity contribution is 5.29. The zero-order valence-corrected chi connectivity index (χ0v) is 16.3. The van der Waals surface area contributed by atoms with Crippen LogP contribution in [0.2, 0.25) is 0 Å². The standard InChI is InChI=1S/C22H29N3O2/c1-16(2)15-27-20-6-4-5-17(11-20)14-25-18-7-8-19(25)13-22(26,12-18)21-23-9-10-24(21)3/h4-6,9-11,18-19,26H,1,7-8,12-15H2,2-3H3/t18-,19-/m0/s1. The number of fused-ring (bicyclic) bond motifs is 2. The zero-order valence-electron chi connectivity index (χ0n) is 16.3. The average Bonchev–Trinajstić information content (AvgIpc) is 3.16. The van der Waals surface area contributed by atoms with E-state index in [0.29, 0.717) is 18.7 Å². The van der Waals surface area contributed by atoms with E-state index in [2.05, 4.69) is 34.7 Å². The van der Waals surface area contributed by atoms with Gasteiger partial charge < -0.3 is 14.4 Å². The number of aryl methyl sites for hydroxylation is 1. The number of aliphatic hydroxyl groups is 1. The molecule has 2 aliphatic heterocycles. The maximum Gasteiger partial charge on any atom is 0.140 e. The molecule has 0 spiro atoms. The molecule has 4 rings (SSSR count). The minimum atomic E-state index is -0.812. The molecule has 1 aromatic carbocycles. The number of nitrogens with zero attached hydrogens (tertiary/aromatic N) is 3. The Morgan fingerprint density at radius 1 is 1.33 bits per heavy atom. The van der Waals surface area contributed by atoms with E-state index in [1.165, 1.54) is 5.56 Å². The number of hydrogen-bond donors (Lipinski definition) is 1. The Morgan fingerprint density at radius 3 is 2.70 bits per heavy atom. The van der Waals surface area contributed by atoms with Gasteiger partial charge in [-0.05, 0) is 55.9 Å². The number of ether oxygens (including phenoxy) is 1. The first-order chi connectivity index (χ1) is 12.9. The lowest BCUT2D eigenvalue weighted by Gasteiger charge is -2.43. The van der Waals surface area contributed by atoms with Crippen molar-refractivity contribution in [2.24, 2.45) is 7.05 Å². The predicted octanol–water partition coefficient (Wildman–Crippen LogP) is 3.39. The summed E-state index contributed by atoms with van der Waals surface area (Å²) < 4.78 is 7.75. The van der Waals surface area contributed by atoms with Gasteiger partial charge in [-0.2, -0.15) is 0 Å². The second-order valence-electron chi connectivity index (χ2n) is 8.25. The van der Waals surface area contributed by atoms with Crippen molar-refractivity contribution in [1.29, 1.82) is 0 Å². The normalized spacial score (nSPS) is 27.7. The van der Waals surface area contributed by atoms with Crippen molar-refractivity contribution >= 4 is 0 Å². The molecule has 144 valence electrons. The molecule has 27 heavy (non-hydrogen) atoms. The van der Waals surface area contributed by atoms with Crippen LogP contribution in [-0.4, -0.2) is 38.2 Å². The van der Waals surface area contributed by atoms with E-state index < -0.39 is 5.60 Å². The van der Waals surface area contributed by atoms with Crippen LogP contribution in [0.1, 0.15) is 44.0 Å². The highest BCUT2D eigenvalue weighted by Gasteiger charge is 2.49. The second-order valence-corrected chi connectivity index (χ2v) is 8.25. The molecule has 0 saturated carbocycles. The summed E-state index contributed by atoms with van der Waals surface area (Å²) in [4.78, 5) is 7.00. The molecule has 2 aliphatic rings. The summed E-state index contributed by atoms with van der Waals surface area (Å²) in [5, 5.41) is 11.3. The zero-order chi connectivity index (χ0) is 19.0. The maximum absolute atomic E-state index is 11.3. The fourth-order valence-corrected chi connectivity index (χ4v) is 4.72. The fourth-order valence-electron chi connectivity index (χ4n) is 4.72. The molecule has 2 fully saturated rings. The highest BCUT2D eigenvalue weighted by Crippen LogP contribution is 2.45. The Morgan fingerprint density at radius 2 is 2.07 bits per heavy atom. The first kappa shape index (κ1) is 18.3. The molecule has 2 aromatic rings. The van der Waals surface area contributed by atoms with Crippen LogP contribution in [0.4, 0.5) is 0 Å². The highest BCUT2D eigenvalue weighted by atomic mass is 16.5. The van der Waals surface area contributed by atoms with E-state index >= 15 is 0 Å². The lowest BCUT2D eigenvalue weighted by molar-refractivity contribution is -0.0669. The molecule has 0 radical (unpaired) electrons. The molecule has 2 atom stereocenters. The van der Waals surface area contributed by atoms with E-state index in [1.54, 1.807) is 6.20 Å². The van der Waals surface area contributed by atoms with Gasteiger partial charge in [0.1, 0.15) is 23.8 Å². The van der Waals surface area contributed by atoms with Crippen molar-refractivity contribution in [1.82, 2.24) is 14.5 Å². The lowest BCUT2D eigenvalue weighted by Crippen LogP contribution is -2.50. The number of benzene rings is 1. The molecular weight excluding hydrogens is 338 g/mol. The summed E-state index contributed by atoms with van der Waals surface area (Å²) in [5.74, 6) is 1.69. The van der Waals surface area contributed by atoms with E-state index in [9.17, 15) is 5.11 Å². The van der Waals surface area contributed by atoms with E-state index in [1.807, 2.05) is 30.8 Å². The van der Waals surface area contributed by atoms with Gasteiger partial charge in [0, 0.05) is 38.1 Å². The number of rotatable bonds is 6. The van der Waals surface area contributed by atoms with E-state index in [4.69, 9.17) is 4.74 Å². The first-order valence-corrected chi connectivity index (χ1v) is 9.77. The van der Waals surface area contributed by atoms with Gasteiger partial charge in [-0.15, -0.1) is 0 Å². The predicted molar refractivity (Wildman–Crippen MR) is 105 cm³/mol. The van der Waals surface area contributed by atoms with E-state index in [0.717, 1.165) is 49.4 Å². The number of aromatic nitrogens is 2. The molecular formula is C22H29N3O2. The molecule has 2 bridgehead atoms. The minimum Gasteiger partial charge on any atom is -0.489 e. The SMILES string of the molecule is C=C(C)COc1cccc(CN2[C@H]3CC[C@H]2CC(O)(c2nccn2C)C3)c1. The first-order valence-electron chi connectivity index (χ1n) is 9.77. The molecule has 5 nitrogen and oxygen atoms in total. The molecule has 3 heterocycles. The number of piperidine rings is 1. The largest absolute Gasteiger partial charge is 0.489 e. The average molecular weight is 367 g/mol. The Labute approximate surface area is 161 Å². The summed E-state index contributed by atoms with van der Waals surface area (Å²) in [6, 6.07) is 9.13. The molecule has 0 unspecified atom stereocenters. The van der Waals surface area contributed by atoms with Crippen molar-refractivity contribution in [2.45, 2.75) is 56.8 Å². The van der Waals surface area contributed by atoms with Crippen molar-refractivity contribution in [3.05, 3.63) is 60.2 Å². The van der Waals surface area contributed by atoms with Gasteiger partial charge >= 0.3 is 0 Å². The molecule has 1 aromatic heterocycles. The van der Waals surface area contributed by atoms with Crippen LogP contribution in [0.5, 0.6) is 5.75 Å². The Balaban J connectivity index is 1.47. The van der Waals surface area contributed by atoms with Gasteiger partial charge in [0.2, 0.25) is 0 Å². The van der Waals surface area contributed by atoms with Gasteiger partial charge in [-0.25, -0.2) is 4.98 Å². The van der Waals surface area contributed by atoms with Crippen LogP contribution in [0.15, 0.2) is 48.8 Å². The van der Waals surface area contributed by atoms with E-state index in [-0.39, 0.29) is 0 Å². The Kier molecular flexibility index (Phi) is 4.82. The van der Waals surface area contributed by atoms with Crippen molar-refractivity contribution < 1.29 is 9.84 Å². The quantitative estimate of drug-likeness (QED) is 0.795. The maximum atomic E-state index is 11.3. The third-order valence-electron chi connectivity index (χ3n) is 5.90. The Bertz CT molecular complexity index is 814. The van der Waals surface area contributed by atoms with Crippen LogP contribution in [-0.2, 0) is 19.2 Å². The molecule has 2 saturated heterocycles. The van der Waals surface area contributed by atoms with Gasteiger partial charge in [-0.3, -0.25) is 4.90 Å². The Hall–Kier alpha value is -2.11. The van der Waals surface area contributed by atoms with Crippen LogP contribution < -0.4 is 4.74 Å². The van der Waals surface area contributed by atoms with Gasteiger partial charge in [0.15, 0.2) is 0 Å². The minimum absolute atomic E-state index is 0.394. The topological polar surface area (TPSA) is 50.5 Å². The molecule has 5 heteroatoms. The molecule has 0 aliphatic carbocycles. The molecule has 1 N–H and O–H groups in total. The number of hydrogen-bond acceptors (Lipinski definition) is 4. The van der Waals surface area contributed by atoms with Crippen LogP contribution in [0, 0.1) is 0 Å². The van der Waals surface area contributed by atoms with Gasteiger partial charge in [0.25, 0.3) is 0 Å².